The fraction of sp³-hybridized carbons (Fsp3) is 0.571. The normalized spacial score (nSPS) is 35.1. The minimum absolute atomic E-state index is 0. The first-order valence-corrected chi connectivity index (χ1v) is 16.2. The number of ketones is 1. The lowest BCUT2D eigenvalue weighted by atomic mass is 9.44. The molecular weight excluding hydrogens is 673 g/mol. The third kappa shape index (κ3) is 6.17. The number of rotatable bonds is 8. The van der Waals surface area contributed by atoms with Gasteiger partial charge in [0.25, 0.3) is 0 Å². The van der Waals surface area contributed by atoms with Crippen molar-refractivity contribution in [2.24, 2.45) is 34.0 Å². The number of aromatic nitrogens is 1. The van der Waals surface area contributed by atoms with E-state index in [1.807, 2.05) is 61.8 Å². The monoisotopic (exact) mass is 719 g/mol. The van der Waals surface area contributed by atoms with Crippen molar-refractivity contribution < 1.29 is 52.7 Å². The average Bonchev–Trinajstić information content (AvgIpc) is 3.35. The fourth-order valence-electron chi connectivity index (χ4n) is 8.42. The smallest absolute Gasteiger partial charge is 0.316 e. The standard InChI is InChI=1S/C35H46NO5S.HI/c1-7-33(4)20-29(34(5)23(2)12-16-35(24(3)32(33)39)17-13-28(37)31(34)35)41-30(38)22-42-27-14-18-36(19-15-27)21-25-8-10-26(40-6)11-9-25;/h7-11,14-15,18-19,23-24,29,31-32,39H,1,12-13,16-17,20-22H2,2-6H3;1H/q+1;/p-1/t23-,24+,29-,31+,32+,33-,34+,35+;/m1./s1. The summed E-state index contributed by atoms with van der Waals surface area (Å²) in [5, 5.41) is 11.7. The van der Waals surface area contributed by atoms with Gasteiger partial charge in [-0.2, -0.15) is 0 Å². The third-order valence-corrected chi connectivity index (χ3v) is 12.3. The quantitative estimate of drug-likeness (QED) is 0.149. The van der Waals surface area contributed by atoms with Crippen molar-refractivity contribution in [3.8, 4) is 5.75 Å². The Bertz CT molecular complexity index is 1320. The van der Waals surface area contributed by atoms with E-state index >= 15 is 0 Å². The molecule has 1 N–H and O–H groups in total. The number of carbonyl (C=O) groups is 2. The Morgan fingerprint density at radius 1 is 1.14 bits per heavy atom. The van der Waals surface area contributed by atoms with Crippen LogP contribution in [0.2, 0.25) is 0 Å². The molecule has 1 heterocycles. The zero-order valence-electron chi connectivity index (χ0n) is 26.1. The number of halogens is 1. The molecule has 0 radical (unpaired) electrons. The van der Waals surface area contributed by atoms with E-state index < -0.39 is 23.0 Å². The van der Waals surface area contributed by atoms with Crippen molar-refractivity contribution in [3.05, 3.63) is 67.0 Å². The highest BCUT2D eigenvalue weighted by atomic mass is 127. The van der Waals surface area contributed by atoms with Crippen LogP contribution in [0.3, 0.4) is 0 Å². The van der Waals surface area contributed by atoms with Gasteiger partial charge in [-0.3, -0.25) is 9.59 Å². The highest BCUT2D eigenvalue weighted by Crippen LogP contribution is 2.68. The number of methoxy groups -OCH3 is 1. The molecule has 8 heteroatoms. The number of pyridine rings is 1. The van der Waals surface area contributed by atoms with Crippen LogP contribution in [-0.4, -0.2) is 41.9 Å². The van der Waals surface area contributed by atoms with E-state index in [1.54, 1.807) is 7.11 Å². The van der Waals surface area contributed by atoms with Crippen LogP contribution in [0.15, 0.2) is 66.3 Å². The highest BCUT2D eigenvalue weighted by Gasteiger charge is 2.68. The van der Waals surface area contributed by atoms with Crippen molar-refractivity contribution in [2.45, 2.75) is 83.4 Å². The van der Waals surface area contributed by atoms with Crippen LogP contribution < -0.4 is 33.3 Å². The maximum Gasteiger partial charge on any atom is 0.316 e. The van der Waals surface area contributed by atoms with Gasteiger partial charge in [0.05, 0.1) is 19.0 Å². The van der Waals surface area contributed by atoms with Gasteiger partial charge >= 0.3 is 5.97 Å². The SMILES string of the molecule is C=C[C@]1(C)C[C@@H](OC(=O)CSc2cc[n+](Cc3ccc(OC)cc3)cc2)[C@]2(C)[C@H](C)CC[C@]3(CCC(=O)[C@H]32)[C@@H](C)[C@@H]1O.[I-]. The molecule has 3 saturated carbocycles. The molecule has 1 aromatic heterocycles. The van der Waals surface area contributed by atoms with Crippen molar-refractivity contribution in [1.82, 2.24) is 0 Å². The lowest BCUT2D eigenvalue weighted by Gasteiger charge is -2.61. The second-order valence-electron chi connectivity index (χ2n) is 13.4. The number of hydrogen-bond acceptors (Lipinski definition) is 6. The van der Waals surface area contributed by atoms with Crippen molar-refractivity contribution >= 4 is 23.5 Å². The maximum absolute atomic E-state index is 13.6. The first-order chi connectivity index (χ1) is 20.0. The number of esters is 1. The Morgan fingerprint density at radius 2 is 1.81 bits per heavy atom. The predicted octanol–water partition coefficient (Wildman–Crippen LogP) is 3.03. The molecular formula is C35H46INO5S. The Labute approximate surface area is 278 Å². The van der Waals surface area contributed by atoms with Gasteiger partial charge in [-0.15, -0.1) is 18.3 Å². The van der Waals surface area contributed by atoms with Crippen LogP contribution in [0.1, 0.15) is 65.4 Å². The lowest BCUT2D eigenvalue weighted by Crippen LogP contribution is -3.00. The van der Waals surface area contributed by atoms with E-state index in [2.05, 4.69) is 31.9 Å². The number of Topliss-reactive ketones (excluding diaryl/α,β-unsaturated/α-hetero) is 1. The van der Waals surface area contributed by atoms with Crippen molar-refractivity contribution in [3.63, 3.8) is 0 Å². The van der Waals surface area contributed by atoms with E-state index in [0.29, 0.717) is 12.8 Å². The first kappa shape index (κ1) is 34.0. The number of benzene rings is 1. The molecule has 5 rings (SSSR count). The molecule has 0 unspecified atom stereocenters. The molecule has 2 aromatic rings. The van der Waals surface area contributed by atoms with Crippen LogP contribution in [0.25, 0.3) is 0 Å². The summed E-state index contributed by atoms with van der Waals surface area (Å²) >= 11 is 1.45. The van der Waals surface area contributed by atoms with E-state index in [-0.39, 0.29) is 64.7 Å². The summed E-state index contributed by atoms with van der Waals surface area (Å²) in [7, 11) is 1.66. The Hall–Kier alpha value is -1.91. The fourth-order valence-corrected chi connectivity index (χ4v) is 9.09. The van der Waals surface area contributed by atoms with Crippen LogP contribution in [0.5, 0.6) is 5.75 Å². The average molecular weight is 720 g/mol. The first-order valence-electron chi connectivity index (χ1n) is 15.3. The van der Waals surface area contributed by atoms with Crippen LogP contribution in [0, 0.1) is 34.0 Å². The van der Waals surface area contributed by atoms with Gasteiger partial charge in [0.1, 0.15) is 17.6 Å². The Balaban J connectivity index is 0.00000423. The number of carbonyl (C=O) groups excluding carboxylic acids is 2. The summed E-state index contributed by atoms with van der Waals surface area (Å²) in [5.74, 6) is 0.960. The highest BCUT2D eigenvalue weighted by molar-refractivity contribution is 8.00. The molecule has 0 spiro atoms. The molecule has 8 atom stereocenters. The van der Waals surface area contributed by atoms with Gasteiger partial charge in [-0.25, -0.2) is 4.57 Å². The maximum atomic E-state index is 13.6. The van der Waals surface area contributed by atoms with E-state index in [0.717, 1.165) is 36.5 Å². The van der Waals surface area contributed by atoms with Gasteiger partial charge in [-0.05, 0) is 67.2 Å². The largest absolute Gasteiger partial charge is 1.00 e. The molecule has 3 fully saturated rings. The molecule has 234 valence electrons. The summed E-state index contributed by atoms with van der Waals surface area (Å²) in [6.07, 6.45) is 8.40. The Kier molecular flexibility index (Phi) is 10.4. The molecule has 3 aliphatic carbocycles. The predicted molar refractivity (Wildman–Crippen MR) is 164 cm³/mol. The summed E-state index contributed by atoms with van der Waals surface area (Å²) in [6.45, 7) is 13.4. The van der Waals surface area contributed by atoms with Crippen LogP contribution in [0.4, 0.5) is 0 Å². The molecule has 1 aromatic carbocycles. The zero-order valence-corrected chi connectivity index (χ0v) is 29.0. The summed E-state index contributed by atoms with van der Waals surface area (Å²) in [6, 6.07) is 12.0. The summed E-state index contributed by atoms with van der Waals surface area (Å²) < 4.78 is 13.7. The lowest BCUT2D eigenvalue weighted by molar-refractivity contribution is -0.688. The van der Waals surface area contributed by atoms with Gasteiger partial charge in [0.2, 0.25) is 0 Å². The van der Waals surface area contributed by atoms with Crippen LogP contribution >= 0.6 is 11.8 Å². The number of ether oxygens (including phenoxy) is 2. The number of nitrogens with zero attached hydrogens (tertiary/aromatic N) is 1. The molecule has 3 aliphatic rings. The number of aliphatic hydroxyl groups excluding tert-OH is 1. The topological polar surface area (TPSA) is 76.7 Å². The van der Waals surface area contributed by atoms with Gasteiger partial charge in [0.15, 0.2) is 18.9 Å². The number of thioether (sulfide) groups is 1. The van der Waals surface area contributed by atoms with Crippen molar-refractivity contribution in [2.75, 3.05) is 12.9 Å². The zero-order chi connectivity index (χ0) is 30.3. The number of aliphatic hydroxyl groups is 1. The second-order valence-corrected chi connectivity index (χ2v) is 14.5. The van der Waals surface area contributed by atoms with Crippen molar-refractivity contribution in [1.29, 1.82) is 0 Å². The van der Waals surface area contributed by atoms with E-state index in [1.165, 1.54) is 17.3 Å². The molecule has 0 aliphatic heterocycles. The summed E-state index contributed by atoms with van der Waals surface area (Å²) in [4.78, 5) is 28.0. The number of hydrogen-bond donors (Lipinski definition) is 1. The molecule has 6 nitrogen and oxygen atoms in total. The Morgan fingerprint density at radius 3 is 2.44 bits per heavy atom. The van der Waals surface area contributed by atoms with Gasteiger partial charge in [-0.1, -0.05) is 33.8 Å². The van der Waals surface area contributed by atoms with E-state index in [4.69, 9.17) is 9.47 Å². The minimum atomic E-state index is -0.661. The molecule has 0 amide bonds. The van der Waals surface area contributed by atoms with Gasteiger partial charge < -0.3 is 38.6 Å². The molecule has 0 saturated heterocycles. The van der Waals surface area contributed by atoms with E-state index in [9.17, 15) is 14.7 Å². The minimum Gasteiger partial charge on any atom is -1.00 e. The van der Waals surface area contributed by atoms with Gasteiger partial charge in [0, 0.05) is 45.8 Å². The molecule has 2 bridgehead atoms. The second kappa shape index (κ2) is 13.2. The van der Waals surface area contributed by atoms with Crippen LogP contribution in [-0.2, 0) is 20.9 Å². The summed E-state index contributed by atoms with van der Waals surface area (Å²) in [5.41, 5.74) is -0.223. The molecule has 43 heavy (non-hydrogen) atoms. The third-order valence-electron chi connectivity index (χ3n) is 11.3.